The van der Waals surface area contributed by atoms with E-state index in [2.05, 4.69) is 0 Å². The lowest BCUT2D eigenvalue weighted by Crippen LogP contribution is -2.13. The lowest BCUT2D eigenvalue weighted by Gasteiger charge is -2.11. The van der Waals surface area contributed by atoms with Crippen LogP contribution in [-0.2, 0) is 0 Å². The molecule has 1 aromatic heterocycles. The van der Waals surface area contributed by atoms with Gasteiger partial charge in [0.2, 0.25) is 5.75 Å². The molecule has 0 aliphatic rings. The van der Waals surface area contributed by atoms with Crippen molar-refractivity contribution in [3.8, 4) is 17.2 Å². The van der Waals surface area contributed by atoms with Crippen molar-refractivity contribution < 1.29 is 24.1 Å². The number of benzene rings is 1. The second-order valence-corrected chi connectivity index (χ2v) is 4.46. The molecule has 0 fully saturated rings. The van der Waals surface area contributed by atoms with Gasteiger partial charge in [0.1, 0.15) is 17.9 Å². The topological polar surface area (TPSA) is 89.1 Å². The molecule has 0 saturated carbocycles. The minimum atomic E-state index is -0.729. The van der Waals surface area contributed by atoms with Crippen LogP contribution in [0.25, 0.3) is 11.0 Å². The Labute approximate surface area is 115 Å². The second kappa shape index (κ2) is 5.83. The molecule has 2 rings (SSSR count). The molecule has 0 saturated heterocycles. The molecule has 1 aromatic carbocycles. The Balaban J connectivity index is 2.52. The van der Waals surface area contributed by atoms with E-state index in [0.29, 0.717) is 11.1 Å². The third-order valence-electron chi connectivity index (χ3n) is 2.52. The van der Waals surface area contributed by atoms with E-state index in [1.54, 1.807) is 19.9 Å². The monoisotopic (exact) mass is 280 g/mol. The lowest BCUT2D eigenvalue weighted by molar-refractivity contribution is 0.201. The molecule has 6 nitrogen and oxygen atoms in total. The van der Waals surface area contributed by atoms with E-state index in [4.69, 9.17) is 19.0 Å². The number of rotatable bonds is 5. The smallest absolute Gasteiger partial charge is 0.383 e. The van der Waals surface area contributed by atoms with Gasteiger partial charge >= 0.3 is 5.63 Å². The van der Waals surface area contributed by atoms with E-state index in [0.717, 1.165) is 0 Å². The first kappa shape index (κ1) is 14.2. The summed E-state index contributed by atoms with van der Waals surface area (Å²) in [6, 6.07) is 4.63. The summed E-state index contributed by atoms with van der Waals surface area (Å²) in [5.41, 5.74) is -0.493. The van der Waals surface area contributed by atoms with Crippen LogP contribution in [0.15, 0.2) is 27.4 Å². The fraction of sp³-hybridized carbons (Fsp3) is 0.357. The molecule has 0 amide bonds. The van der Waals surface area contributed by atoms with Crippen LogP contribution in [0.4, 0.5) is 0 Å². The predicted octanol–water partition coefficient (Wildman–Crippen LogP) is 1.66. The molecule has 2 aromatic rings. The molecular weight excluding hydrogens is 264 g/mol. The maximum atomic E-state index is 11.7. The molecule has 0 bridgehead atoms. The highest BCUT2D eigenvalue weighted by atomic mass is 16.5. The Morgan fingerprint density at radius 2 is 2.10 bits per heavy atom. The first-order valence-corrected chi connectivity index (χ1v) is 6.23. The summed E-state index contributed by atoms with van der Waals surface area (Å²) >= 11 is 0. The minimum absolute atomic E-state index is 0.115. The van der Waals surface area contributed by atoms with E-state index in [9.17, 15) is 9.90 Å². The number of ether oxygens (including phenoxy) is 2. The Morgan fingerprint density at radius 3 is 2.75 bits per heavy atom. The summed E-state index contributed by atoms with van der Waals surface area (Å²) in [7, 11) is 0. The van der Waals surface area contributed by atoms with Crippen molar-refractivity contribution in [3.05, 3.63) is 28.6 Å². The number of aliphatic hydroxyl groups excluding tert-OH is 1. The summed E-state index contributed by atoms with van der Waals surface area (Å²) in [6.07, 6.45) is -0.268. The molecule has 2 N–H and O–H groups in total. The standard InChI is InChI=1S/C14H16O6/c1-8(2)19-13-12(16)10-7-9(18-6-5-15)3-4-11(10)20-14(13)17/h3-4,7-8,15-16H,5-6H2,1-2H3. The van der Waals surface area contributed by atoms with Crippen molar-refractivity contribution in [1.29, 1.82) is 0 Å². The van der Waals surface area contributed by atoms with Crippen LogP contribution < -0.4 is 15.1 Å². The van der Waals surface area contributed by atoms with Crippen LogP contribution in [0.1, 0.15) is 13.8 Å². The quantitative estimate of drug-likeness (QED) is 0.810. The highest BCUT2D eigenvalue weighted by Gasteiger charge is 2.17. The third-order valence-corrected chi connectivity index (χ3v) is 2.52. The zero-order chi connectivity index (χ0) is 14.7. The zero-order valence-corrected chi connectivity index (χ0v) is 11.3. The van der Waals surface area contributed by atoms with Crippen LogP contribution in [0.2, 0.25) is 0 Å². The van der Waals surface area contributed by atoms with Gasteiger partial charge in [-0.1, -0.05) is 0 Å². The van der Waals surface area contributed by atoms with Gasteiger partial charge in [-0.15, -0.1) is 0 Å². The van der Waals surface area contributed by atoms with Crippen LogP contribution >= 0.6 is 0 Å². The molecule has 20 heavy (non-hydrogen) atoms. The molecular formula is C14H16O6. The number of aliphatic hydroxyl groups is 1. The van der Waals surface area contributed by atoms with Gasteiger partial charge < -0.3 is 24.1 Å². The molecule has 0 atom stereocenters. The van der Waals surface area contributed by atoms with Gasteiger partial charge in [-0.2, -0.15) is 0 Å². The molecule has 0 aliphatic carbocycles. The predicted molar refractivity (Wildman–Crippen MR) is 72.5 cm³/mol. The van der Waals surface area contributed by atoms with Crippen molar-refractivity contribution in [2.24, 2.45) is 0 Å². The molecule has 0 radical (unpaired) electrons. The third kappa shape index (κ3) is 2.85. The van der Waals surface area contributed by atoms with E-state index < -0.39 is 5.63 Å². The van der Waals surface area contributed by atoms with Gasteiger partial charge in [0, 0.05) is 0 Å². The van der Waals surface area contributed by atoms with Crippen molar-refractivity contribution in [2.45, 2.75) is 20.0 Å². The highest BCUT2D eigenvalue weighted by molar-refractivity contribution is 5.86. The van der Waals surface area contributed by atoms with Crippen molar-refractivity contribution in [2.75, 3.05) is 13.2 Å². The fourth-order valence-electron chi connectivity index (χ4n) is 1.74. The molecule has 6 heteroatoms. The van der Waals surface area contributed by atoms with Gasteiger partial charge in [-0.05, 0) is 32.0 Å². The first-order valence-electron chi connectivity index (χ1n) is 6.23. The Morgan fingerprint density at radius 1 is 1.35 bits per heavy atom. The van der Waals surface area contributed by atoms with E-state index >= 15 is 0 Å². The maximum Gasteiger partial charge on any atom is 0.383 e. The van der Waals surface area contributed by atoms with Crippen molar-refractivity contribution >= 4 is 11.0 Å². The zero-order valence-electron chi connectivity index (χ0n) is 11.3. The number of hydrogen-bond acceptors (Lipinski definition) is 6. The summed E-state index contributed by atoms with van der Waals surface area (Å²) in [5.74, 6) is -0.0441. The SMILES string of the molecule is CC(C)Oc1c(O)c2cc(OCCO)ccc2oc1=O. The van der Waals surface area contributed by atoms with Gasteiger partial charge in [0.05, 0.1) is 18.1 Å². The van der Waals surface area contributed by atoms with Crippen LogP contribution in [0.3, 0.4) is 0 Å². The Hall–Kier alpha value is -2.21. The van der Waals surface area contributed by atoms with Gasteiger partial charge in [0.25, 0.3) is 0 Å². The van der Waals surface area contributed by atoms with Gasteiger partial charge in [-0.3, -0.25) is 0 Å². The summed E-state index contributed by atoms with van der Waals surface area (Å²) in [6.45, 7) is 3.50. The lowest BCUT2D eigenvalue weighted by atomic mass is 10.2. The molecule has 108 valence electrons. The minimum Gasteiger partial charge on any atom is -0.504 e. The Kier molecular flexibility index (Phi) is 4.14. The summed E-state index contributed by atoms with van der Waals surface area (Å²) in [4.78, 5) is 11.7. The van der Waals surface area contributed by atoms with Crippen LogP contribution in [0.5, 0.6) is 17.2 Å². The molecule has 0 aliphatic heterocycles. The van der Waals surface area contributed by atoms with Crippen LogP contribution in [-0.4, -0.2) is 29.5 Å². The van der Waals surface area contributed by atoms with E-state index in [1.807, 2.05) is 0 Å². The van der Waals surface area contributed by atoms with Gasteiger partial charge in [0.15, 0.2) is 5.75 Å². The number of hydrogen-bond donors (Lipinski definition) is 2. The largest absolute Gasteiger partial charge is 0.504 e. The van der Waals surface area contributed by atoms with E-state index in [-0.39, 0.29) is 36.4 Å². The average molecular weight is 280 g/mol. The van der Waals surface area contributed by atoms with Crippen molar-refractivity contribution in [1.82, 2.24) is 0 Å². The Bertz CT molecular complexity index is 658. The average Bonchev–Trinajstić information content (AvgIpc) is 2.41. The first-order chi connectivity index (χ1) is 9.52. The van der Waals surface area contributed by atoms with Crippen LogP contribution in [0, 0.1) is 0 Å². The summed E-state index contributed by atoms with van der Waals surface area (Å²) < 4.78 is 15.6. The normalized spacial score (nSPS) is 11.0. The van der Waals surface area contributed by atoms with Crippen molar-refractivity contribution in [3.63, 3.8) is 0 Å². The number of aromatic hydroxyl groups is 1. The number of fused-ring (bicyclic) bond motifs is 1. The van der Waals surface area contributed by atoms with Gasteiger partial charge in [-0.25, -0.2) is 4.79 Å². The summed E-state index contributed by atoms with van der Waals surface area (Å²) in [5, 5.41) is 19.2. The maximum absolute atomic E-state index is 11.7. The molecule has 0 unspecified atom stereocenters. The fourth-order valence-corrected chi connectivity index (χ4v) is 1.74. The highest BCUT2D eigenvalue weighted by Crippen LogP contribution is 2.34. The molecule has 0 spiro atoms. The second-order valence-electron chi connectivity index (χ2n) is 4.46. The van der Waals surface area contributed by atoms with E-state index in [1.165, 1.54) is 12.1 Å². The molecule has 1 heterocycles.